The monoisotopic (exact) mass is 319 g/mol. The number of methoxy groups -OCH3 is 1. The van der Waals surface area contributed by atoms with Gasteiger partial charge in [-0.05, 0) is 62.1 Å². The lowest BCUT2D eigenvalue weighted by Crippen LogP contribution is -2.16. The van der Waals surface area contributed by atoms with Crippen LogP contribution in [0.4, 0.5) is 5.69 Å². The average molecular weight is 319 g/mol. The Morgan fingerprint density at radius 1 is 0.909 bits per heavy atom. The summed E-state index contributed by atoms with van der Waals surface area (Å²) in [5.74, 6) is 0.684. The number of rotatable bonds is 4. The molecule has 0 aliphatic rings. The Hall–Kier alpha value is -2.01. The van der Waals surface area contributed by atoms with Crippen LogP contribution >= 0.6 is 0 Å². The van der Waals surface area contributed by atoms with E-state index in [0.29, 0.717) is 17.0 Å². The summed E-state index contributed by atoms with van der Waals surface area (Å²) in [5.41, 5.74) is 3.94. The molecule has 0 radical (unpaired) electrons. The lowest BCUT2D eigenvalue weighted by atomic mass is 10.1. The minimum Gasteiger partial charge on any atom is -0.496 e. The standard InChI is InChI=1S/C17H21NO3S/c1-11-7-6-8-12(2)17(11)18-22(19,20)16-10-9-15(21-5)13(3)14(16)4/h6-10,18H,1-5H3. The quantitative estimate of drug-likeness (QED) is 0.934. The van der Waals surface area contributed by atoms with Crippen LogP contribution in [0.5, 0.6) is 5.75 Å². The van der Waals surface area contributed by atoms with E-state index in [1.807, 2.05) is 39.0 Å². The Bertz CT molecular complexity index is 791. The third-order valence-corrected chi connectivity index (χ3v) is 5.41. The fraction of sp³-hybridized carbons (Fsp3) is 0.294. The zero-order valence-corrected chi connectivity index (χ0v) is 14.3. The summed E-state index contributed by atoms with van der Waals surface area (Å²) < 4.78 is 33.4. The van der Waals surface area contributed by atoms with Crippen molar-refractivity contribution in [2.45, 2.75) is 32.6 Å². The van der Waals surface area contributed by atoms with Gasteiger partial charge in [0.2, 0.25) is 0 Å². The number of aryl methyl sites for hydroxylation is 2. The van der Waals surface area contributed by atoms with E-state index in [2.05, 4.69) is 4.72 Å². The second-order valence-electron chi connectivity index (χ2n) is 5.39. The summed E-state index contributed by atoms with van der Waals surface area (Å²) in [6.45, 7) is 7.41. The van der Waals surface area contributed by atoms with Crippen molar-refractivity contribution in [3.63, 3.8) is 0 Å². The molecule has 0 atom stereocenters. The molecule has 1 N–H and O–H groups in total. The predicted octanol–water partition coefficient (Wildman–Crippen LogP) is 3.73. The molecule has 0 saturated carbocycles. The largest absolute Gasteiger partial charge is 0.496 e. The zero-order valence-electron chi connectivity index (χ0n) is 13.5. The first-order valence-corrected chi connectivity index (χ1v) is 8.49. The number of benzene rings is 2. The van der Waals surface area contributed by atoms with Gasteiger partial charge in [-0.3, -0.25) is 4.72 Å². The van der Waals surface area contributed by atoms with Crippen LogP contribution in [0, 0.1) is 27.7 Å². The van der Waals surface area contributed by atoms with Gasteiger partial charge in [-0.1, -0.05) is 18.2 Å². The number of para-hydroxylation sites is 1. The summed E-state index contributed by atoms with van der Waals surface area (Å²) in [7, 11) is -2.07. The van der Waals surface area contributed by atoms with E-state index in [9.17, 15) is 8.42 Å². The van der Waals surface area contributed by atoms with Crippen LogP contribution in [0.25, 0.3) is 0 Å². The van der Waals surface area contributed by atoms with Crippen molar-refractivity contribution in [1.29, 1.82) is 0 Å². The number of sulfonamides is 1. The van der Waals surface area contributed by atoms with E-state index in [1.165, 1.54) is 0 Å². The van der Waals surface area contributed by atoms with Gasteiger partial charge in [-0.15, -0.1) is 0 Å². The first-order valence-electron chi connectivity index (χ1n) is 7.01. The molecule has 0 aliphatic heterocycles. The van der Waals surface area contributed by atoms with E-state index in [4.69, 9.17) is 4.74 Å². The molecule has 0 amide bonds. The Labute approximate surface area is 132 Å². The van der Waals surface area contributed by atoms with E-state index in [-0.39, 0.29) is 4.90 Å². The molecule has 0 aromatic heterocycles. The molecule has 0 bridgehead atoms. The van der Waals surface area contributed by atoms with Gasteiger partial charge in [0.05, 0.1) is 17.7 Å². The minimum atomic E-state index is -3.64. The molecule has 2 aromatic rings. The molecule has 0 unspecified atom stereocenters. The molecule has 4 nitrogen and oxygen atoms in total. The summed E-state index contributed by atoms with van der Waals surface area (Å²) in [6.07, 6.45) is 0. The Morgan fingerprint density at radius 2 is 1.50 bits per heavy atom. The number of nitrogens with one attached hydrogen (secondary N) is 1. The van der Waals surface area contributed by atoms with Crippen molar-refractivity contribution in [2.75, 3.05) is 11.8 Å². The maximum absolute atomic E-state index is 12.7. The van der Waals surface area contributed by atoms with Gasteiger partial charge in [0, 0.05) is 0 Å². The van der Waals surface area contributed by atoms with Crippen molar-refractivity contribution in [3.05, 3.63) is 52.6 Å². The van der Waals surface area contributed by atoms with Crippen molar-refractivity contribution in [1.82, 2.24) is 0 Å². The number of hydrogen-bond acceptors (Lipinski definition) is 3. The molecule has 2 rings (SSSR count). The number of ether oxygens (including phenoxy) is 1. The normalized spacial score (nSPS) is 11.3. The van der Waals surface area contributed by atoms with Crippen molar-refractivity contribution in [2.24, 2.45) is 0 Å². The maximum atomic E-state index is 12.7. The van der Waals surface area contributed by atoms with Crippen molar-refractivity contribution >= 4 is 15.7 Å². The maximum Gasteiger partial charge on any atom is 0.262 e. The van der Waals surface area contributed by atoms with Gasteiger partial charge in [-0.2, -0.15) is 0 Å². The Morgan fingerprint density at radius 3 is 2.05 bits per heavy atom. The number of hydrogen-bond donors (Lipinski definition) is 1. The van der Waals surface area contributed by atoms with Gasteiger partial charge in [0.1, 0.15) is 5.75 Å². The fourth-order valence-electron chi connectivity index (χ4n) is 2.45. The van der Waals surface area contributed by atoms with Gasteiger partial charge >= 0.3 is 0 Å². The lowest BCUT2D eigenvalue weighted by molar-refractivity contribution is 0.411. The zero-order chi connectivity index (χ0) is 16.5. The van der Waals surface area contributed by atoms with Gasteiger partial charge in [0.15, 0.2) is 0 Å². The lowest BCUT2D eigenvalue weighted by Gasteiger charge is -2.16. The second kappa shape index (κ2) is 6.01. The highest BCUT2D eigenvalue weighted by Crippen LogP contribution is 2.29. The molecule has 0 spiro atoms. The van der Waals surface area contributed by atoms with E-state index < -0.39 is 10.0 Å². The minimum absolute atomic E-state index is 0.272. The summed E-state index contributed by atoms with van der Waals surface area (Å²) in [5, 5.41) is 0. The van der Waals surface area contributed by atoms with Crippen molar-refractivity contribution < 1.29 is 13.2 Å². The van der Waals surface area contributed by atoms with E-state index >= 15 is 0 Å². The molecule has 22 heavy (non-hydrogen) atoms. The first kappa shape index (κ1) is 16.4. The SMILES string of the molecule is COc1ccc(S(=O)(=O)Nc2c(C)cccc2C)c(C)c1C. The average Bonchev–Trinajstić information content (AvgIpc) is 2.45. The highest BCUT2D eigenvalue weighted by molar-refractivity contribution is 7.92. The summed E-state index contributed by atoms with van der Waals surface area (Å²) in [4.78, 5) is 0.272. The van der Waals surface area contributed by atoms with Crippen LogP contribution in [0.3, 0.4) is 0 Å². The molecule has 0 saturated heterocycles. The molecule has 118 valence electrons. The Balaban J connectivity index is 2.50. The van der Waals surface area contributed by atoms with Crippen LogP contribution in [-0.2, 0) is 10.0 Å². The molecule has 2 aromatic carbocycles. The Kier molecular flexibility index (Phi) is 4.47. The van der Waals surface area contributed by atoms with Crippen LogP contribution in [0.1, 0.15) is 22.3 Å². The van der Waals surface area contributed by atoms with Gasteiger partial charge in [0.25, 0.3) is 10.0 Å². The molecule has 0 heterocycles. The molecule has 0 fully saturated rings. The second-order valence-corrected chi connectivity index (χ2v) is 7.04. The van der Waals surface area contributed by atoms with Crippen molar-refractivity contribution in [3.8, 4) is 5.75 Å². The third kappa shape index (κ3) is 2.95. The van der Waals surface area contributed by atoms with Gasteiger partial charge < -0.3 is 4.74 Å². The topological polar surface area (TPSA) is 55.4 Å². The molecule has 0 aliphatic carbocycles. The van der Waals surface area contributed by atoms with E-state index in [1.54, 1.807) is 26.2 Å². The van der Waals surface area contributed by atoms with Crippen LogP contribution in [0.2, 0.25) is 0 Å². The van der Waals surface area contributed by atoms with Crippen LogP contribution < -0.4 is 9.46 Å². The first-order chi connectivity index (χ1) is 10.3. The molecular weight excluding hydrogens is 298 g/mol. The number of anilines is 1. The van der Waals surface area contributed by atoms with Crippen LogP contribution in [-0.4, -0.2) is 15.5 Å². The summed E-state index contributed by atoms with van der Waals surface area (Å²) >= 11 is 0. The summed E-state index contributed by atoms with van der Waals surface area (Å²) in [6, 6.07) is 8.94. The molecular formula is C17H21NO3S. The highest BCUT2D eigenvalue weighted by atomic mass is 32.2. The predicted molar refractivity (Wildman–Crippen MR) is 89.2 cm³/mol. The van der Waals surface area contributed by atoms with Crippen LogP contribution in [0.15, 0.2) is 35.2 Å². The molecule has 5 heteroatoms. The third-order valence-electron chi connectivity index (χ3n) is 3.91. The highest BCUT2D eigenvalue weighted by Gasteiger charge is 2.21. The van der Waals surface area contributed by atoms with Gasteiger partial charge in [-0.25, -0.2) is 8.42 Å². The fourth-order valence-corrected chi connectivity index (χ4v) is 3.95. The van der Waals surface area contributed by atoms with E-state index in [0.717, 1.165) is 16.7 Å². The smallest absolute Gasteiger partial charge is 0.262 e.